The quantitative estimate of drug-likeness (QED) is 0.783. The van der Waals surface area contributed by atoms with Crippen molar-refractivity contribution in [3.63, 3.8) is 0 Å². The molecular weight excluding hydrogens is 330 g/mol. The van der Waals surface area contributed by atoms with E-state index in [0.717, 1.165) is 6.42 Å². The Hall–Kier alpha value is -1.82. The summed E-state index contributed by atoms with van der Waals surface area (Å²) in [5.74, 6) is 0.0609. The maximum Gasteiger partial charge on any atom is 0.410 e. The molecule has 2 heterocycles. The van der Waals surface area contributed by atoms with Gasteiger partial charge in [0.1, 0.15) is 10.8 Å². The Morgan fingerprint density at radius 3 is 2.79 bits per heavy atom. The molecule has 0 bridgehead atoms. The summed E-state index contributed by atoms with van der Waals surface area (Å²) in [5.41, 5.74) is -0.109. The highest BCUT2D eigenvalue weighted by atomic mass is 35.5. The molecular formula is C17H24ClN3O3. The number of carbonyl (C=O) groups excluding carboxylic acids is 2. The lowest BCUT2D eigenvalue weighted by atomic mass is 10.1. The van der Waals surface area contributed by atoms with Gasteiger partial charge in [-0.1, -0.05) is 11.6 Å². The van der Waals surface area contributed by atoms with Crippen molar-refractivity contribution in [1.29, 1.82) is 0 Å². The second-order valence-corrected chi connectivity index (χ2v) is 7.47. The van der Waals surface area contributed by atoms with E-state index in [-0.39, 0.29) is 23.1 Å². The van der Waals surface area contributed by atoms with E-state index in [9.17, 15) is 9.59 Å². The first-order valence-corrected chi connectivity index (χ1v) is 8.39. The molecule has 7 heteroatoms. The van der Waals surface area contributed by atoms with Crippen molar-refractivity contribution in [3.05, 3.63) is 29.0 Å². The average Bonchev–Trinajstić information content (AvgIpc) is 2.94. The zero-order chi connectivity index (χ0) is 17.9. The van der Waals surface area contributed by atoms with Crippen LogP contribution >= 0.6 is 11.6 Å². The van der Waals surface area contributed by atoms with Crippen molar-refractivity contribution in [2.45, 2.75) is 32.8 Å². The third-order valence-corrected chi connectivity index (χ3v) is 4.11. The molecule has 2 rings (SSSR count). The van der Waals surface area contributed by atoms with E-state index in [4.69, 9.17) is 16.3 Å². The number of carbonyl (C=O) groups is 2. The second-order valence-electron chi connectivity index (χ2n) is 7.11. The van der Waals surface area contributed by atoms with E-state index in [0.29, 0.717) is 25.2 Å². The summed E-state index contributed by atoms with van der Waals surface area (Å²) in [7, 11) is 1.74. The summed E-state index contributed by atoms with van der Waals surface area (Å²) in [6.45, 7) is 7.35. The molecule has 24 heavy (non-hydrogen) atoms. The third kappa shape index (κ3) is 4.84. The molecule has 1 fully saturated rings. The van der Waals surface area contributed by atoms with E-state index < -0.39 is 5.60 Å². The standard InChI is InChI=1S/C17H24ClN3O3/c1-17(2,3)24-16(23)21-9-7-12(11-21)10-20(4)15(22)13-6-5-8-19-14(13)18/h5-6,8,12H,7,9-11H2,1-4H3/t12-/m1/s1. The fraction of sp³-hybridized carbons (Fsp3) is 0.588. The van der Waals surface area contributed by atoms with Crippen LogP contribution in [0.1, 0.15) is 37.6 Å². The fourth-order valence-electron chi connectivity index (χ4n) is 2.70. The summed E-state index contributed by atoms with van der Waals surface area (Å²) in [5, 5.41) is 0.205. The predicted molar refractivity (Wildman–Crippen MR) is 92.1 cm³/mol. The van der Waals surface area contributed by atoms with Crippen molar-refractivity contribution in [1.82, 2.24) is 14.8 Å². The number of halogens is 1. The van der Waals surface area contributed by atoms with Crippen LogP contribution in [0.3, 0.4) is 0 Å². The highest BCUT2D eigenvalue weighted by Gasteiger charge is 2.31. The fourth-order valence-corrected chi connectivity index (χ4v) is 2.90. The maximum absolute atomic E-state index is 12.5. The Balaban J connectivity index is 1.90. The van der Waals surface area contributed by atoms with E-state index in [1.54, 1.807) is 35.2 Å². The lowest BCUT2D eigenvalue weighted by Gasteiger charge is -2.25. The normalized spacial score (nSPS) is 17.7. The van der Waals surface area contributed by atoms with Gasteiger partial charge in [-0.3, -0.25) is 4.79 Å². The van der Waals surface area contributed by atoms with Crippen LogP contribution in [0.15, 0.2) is 18.3 Å². The predicted octanol–water partition coefficient (Wildman–Crippen LogP) is 3.06. The molecule has 1 aromatic rings. The first-order chi connectivity index (χ1) is 11.2. The van der Waals surface area contributed by atoms with Crippen LogP contribution in [-0.4, -0.2) is 59.1 Å². The molecule has 0 aromatic carbocycles. The van der Waals surface area contributed by atoms with Gasteiger partial charge in [-0.15, -0.1) is 0 Å². The van der Waals surface area contributed by atoms with Gasteiger partial charge < -0.3 is 14.5 Å². The third-order valence-electron chi connectivity index (χ3n) is 3.81. The Labute approximate surface area is 147 Å². The van der Waals surface area contributed by atoms with E-state index in [1.165, 1.54) is 0 Å². The molecule has 1 saturated heterocycles. The van der Waals surface area contributed by atoms with Crippen LogP contribution in [0.4, 0.5) is 4.79 Å². The summed E-state index contributed by atoms with van der Waals surface area (Å²) in [4.78, 5) is 31.8. The molecule has 0 saturated carbocycles. The Morgan fingerprint density at radius 2 is 2.17 bits per heavy atom. The lowest BCUT2D eigenvalue weighted by molar-refractivity contribution is 0.0286. The molecule has 2 amide bonds. The van der Waals surface area contributed by atoms with Crippen molar-refractivity contribution in [2.75, 3.05) is 26.7 Å². The zero-order valence-electron chi connectivity index (χ0n) is 14.6. The molecule has 0 N–H and O–H groups in total. The van der Waals surface area contributed by atoms with Gasteiger partial charge in [-0.2, -0.15) is 0 Å². The topological polar surface area (TPSA) is 62.7 Å². The molecule has 1 aliphatic heterocycles. The van der Waals surface area contributed by atoms with E-state index in [1.807, 2.05) is 20.8 Å². The van der Waals surface area contributed by atoms with E-state index in [2.05, 4.69) is 4.98 Å². The highest BCUT2D eigenvalue weighted by molar-refractivity contribution is 6.32. The minimum Gasteiger partial charge on any atom is -0.444 e. The number of hydrogen-bond donors (Lipinski definition) is 0. The Bertz CT molecular complexity index is 615. The monoisotopic (exact) mass is 353 g/mol. The SMILES string of the molecule is CN(C[C@H]1CCN(C(=O)OC(C)(C)C)C1)C(=O)c1cccnc1Cl. The molecule has 1 aromatic heterocycles. The maximum atomic E-state index is 12.5. The van der Waals surface area contributed by atoms with Crippen molar-refractivity contribution in [3.8, 4) is 0 Å². The number of likely N-dealkylation sites (tertiary alicyclic amines) is 1. The molecule has 0 spiro atoms. The van der Waals surface area contributed by atoms with Crippen molar-refractivity contribution in [2.24, 2.45) is 5.92 Å². The molecule has 132 valence electrons. The highest BCUT2D eigenvalue weighted by Crippen LogP contribution is 2.21. The minimum atomic E-state index is -0.501. The molecule has 1 aliphatic rings. The van der Waals surface area contributed by atoms with Crippen LogP contribution in [0.5, 0.6) is 0 Å². The second kappa shape index (κ2) is 7.38. The molecule has 0 unspecified atom stereocenters. The summed E-state index contributed by atoms with van der Waals surface area (Å²) in [6, 6.07) is 3.35. The number of pyridine rings is 1. The van der Waals surface area contributed by atoms with Gasteiger partial charge in [0.15, 0.2) is 0 Å². The minimum absolute atomic E-state index is 0.163. The first-order valence-electron chi connectivity index (χ1n) is 8.01. The van der Waals surface area contributed by atoms with Gasteiger partial charge in [0.2, 0.25) is 0 Å². The van der Waals surface area contributed by atoms with Crippen molar-refractivity contribution >= 4 is 23.6 Å². The number of nitrogens with zero attached hydrogens (tertiary/aromatic N) is 3. The largest absolute Gasteiger partial charge is 0.444 e. The van der Waals surface area contributed by atoms with Gasteiger partial charge in [-0.05, 0) is 45.2 Å². The van der Waals surface area contributed by atoms with Crippen LogP contribution in [0.2, 0.25) is 5.15 Å². The first kappa shape index (κ1) is 18.5. The van der Waals surface area contributed by atoms with Crippen LogP contribution < -0.4 is 0 Å². The summed E-state index contributed by atoms with van der Waals surface area (Å²) >= 11 is 5.98. The number of aromatic nitrogens is 1. The Morgan fingerprint density at radius 1 is 1.46 bits per heavy atom. The number of amides is 2. The number of rotatable bonds is 3. The van der Waals surface area contributed by atoms with Crippen LogP contribution in [0, 0.1) is 5.92 Å². The van der Waals surface area contributed by atoms with Gasteiger partial charge in [-0.25, -0.2) is 9.78 Å². The van der Waals surface area contributed by atoms with Gasteiger partial charge in [0.25, 0.3) is 5.91 Å². The summed E-state index contributed by atoms with van der Waals surface area (Å²) in [6.07, 6.45) is 2.10. The van der Waals surface area contributed by atoms with Crippen LogP contribution in [0.25, 0.3) is 0 Å². The van der Waals surface area contributed by atoms with Gasteiger partial charge in [0, 0.05) is 32.9 Å². The Kier molecular flexibility index (Phi) is 5.70. The molecule has 1 atom stereocenters. The molecule has 0 aliphatic carbocycles. The molecule has 0 radical (unpaired) electrons. The summed E-state index contributed by atoms with van der Waals surface area (Å²) < 4.78 is 5.39. The number of hydrogen-bond acceptors (Lipinski definition) is 4. The van der Waals surface area contributed by atoms with Crippen molar-refractivity contribution < 1.29 is 14.3 Å². The van der Waals surface area contributed by atoms with Gasteiger partial charge in [0.05, 0.1) is 5.56 Å². The lowest BCUT2D eigenvalue weighted by Crippen LogP contribution is -2.37. The van der Waals surface area contributed by atoms with E-state index >= 15 is 0 Å². The van der Waals surface area contributed by atoms with Gasteiger partial charge >= 0.3 is 6.09 Å². The smallest absolute Gasteiger partial charge is 0.410 e. The zero-order valence-corrected chi connectivity index (χ0v) is 15.3. The van der Waals surface area contributed by atoms with Crippen LogP contribution in [-0.2, 0) is 4.74 Å². The number of ether oxygens (including phenoxy) is 1. The molecule has 6 nitrogen and oxygen atoms in total. The average molecular weight is 354 g/mol.